The Morgan fingerprint density at radius 3 is 2.95 bits per heavy atom. The van der Waals surface area contributed by atoms with Gasteiger partial charge in [0, 0.05) is 12.8 Å². The van der Waals surface area contributed by atoms with Gasteiger partial charge < -0.3 is 4.42 Å². The molecule has 1 saturated heterocycles. The third-order valence-corrected chi connectivity index (χ3v) is 3.85. The van der Waals surface area contributed by atoms with Crippen LogP contribution in [0.5, 0.6) is 0 Å². The van der Waals surface area contributed by atoms with E-state index in [1.54, 1.807) is 12.1 Å². The third-order valence-electron chi connectivity index (χ3n) is 3.85. The van der Waals surface area contributed by atoms with Gasteiger partial charge in [0.2, 0.25) is 0 Å². The Balaban J connectivity index is 1.77. The summed E-state index contributed by atoms with van der Waals surface area (Å²) in [6.45, 7) is 1.93. The predicted molar refractivity (Wildman–Crippen MR) is 68.3 cm³/mol. The zero-order valence-electron chi connectivity index (χ0n) is 10.6. The van der Waals surface area contributed by atoms with Crippen LogP contribution in [0.4, 0.5) is 10.1 Å². The smallest absolute Gasteiger partial charge is 0.129 e. The Labute approximate surface area is 110 Å². The monoisotopic (exact) mass is 259 g/mol. The average molecular weight is 259 g/mol. The second-order valence-electron chi connectivity index (χ2n) is 5.23. The number of rotatable bonds is 1. The van der Waals surface area contributed by atoms with Crippen molar-refractivity contribution in [2.75, 3.05) is 5.06 Å². The highest BCUT2D eigenvalue weighted by Gasteiger charge is 2.41. The maximum absolute atomic E-state index is 13.3. The lowest BCUT2D eigenvalue weighted by Gasteiger charge is -2.29. The molecule has 0 aliphatic carbocycles. The summed E-state index contributed by atoms with van der Waals surface area (Å²) in [5.74, 6) is 1.63. The highest BCUT2D eigenvalue weighted by molar-refractivity contribution is 5.56. The summed E-state index contributed by atoms with van der Waals surface area (Å²) in [7, 11) is 0. The highest BCUT2D eigenvalue weighted by atomic mass is 19.1. The summed E-state index contributed by atoms with van der Waals surface area (Å²) in [5.41, 5.74) is 1.97. The largest absolute Gasteiger partial charge is 0.464 e. The quantitative estimate of drug-likeness (QED) is 0.783. The topological polar surface area (TPSA) is 25.6 Å². The van der Waals surface area contributed by atoms with E-state index in [1.807, 2.05) is 24.1 Å². The molecule has 2 bridgehead atoms. The lowest BCUT2D eigenvalue weighted by atomic mass is 10.0. The van der Waals surface area contributed by atoms with Crippen molar-refractivity contribution in [2.45, 2.75) is 31.9 Å². The molecule has 2 unspecified atom stereocenters. The number of benzene rings is 1. The SMILES string of the molecule is Cc1ccc(C2CC3Cc4cc(F)ccc4N2O3)o1. The average Bonchev–Trinajstić information content (AvgIpc) is 2.94. The van der Waals surface area contributed by atoms with Gasteiger partial charge >= 0.3 is 0 Å². The second-order valence-corrected chi connectivity index (χ2v) is 5.23. The third kappa shape index (κ3) is 1.67. The lowest BCUT2D eigenvalue weighted by Crippen LogP contribution is -2.27. The van der Waals surface area contributed by atoms with E-state index in [1.165, 1.54) is 6.07 Å². The van der Waals surface area contributed by atoms with Crippen molar-refractivity contribution in [1.29, 1.82) is 0 Å². The number of aryl methyl sites for hydroxylation is 1. The van der Waals surface area contributed by atoms with Gasteiger partial charge in [0.1, 0.15) is 23.4 Å². The minimum Gasteiger partial charge on any atom is -0.464 e. The summed E-state index contributed by atoms with van der Waals surface area (Å²) in [4.78, 5) is 5.89. The summed E-state index contributed by atoms with van der Waals surface area (Å²) in [6.07, 6.45) is 1.76. The standard InChI is InChI=1S/C15H14FNO2/c1-9-2-5-15(18-9)14-8-12-7-10-6-11(16)3-4-13(10)17(14)19-12/h2-6,12,14H,7-8H2,1H3. The van der Waals surface area contributed by atoms with Gasteiger partial charge in [-0.1, -0.05) is 0 Å². The molecule has 1 fully saturated rings. The Morgan fingerprint density at radius 1 is 1.26 bits per heavy atom. The van der Waals surface area contributed by atoms with E-state index in [4.69, 9.17) is 9.25 Å². The molecule has 19 heavy (non-hydrogen) atoms. The maximum Gasteiger partial charge on any atom is 0.129 e. The van der Waals surface area contributed by atoms with Crippen molar-refractivity contribution in [3.63, 3.8) is 0 Å². The van der Waals surface area contributed by atoms with Gasteiger partial charge in [0.05, 0.1) is 11.8 Å². The van der Waals surface area contributed by atoms with Crippen molar-refractivity contribution in [1.82, 2.24) is 0 Å². The first-order chi connectivity index (χ1) is 9.20. The first-order valence-electron chi connectivity index (χ1n) is 6.51. The van der Waals surface area contributed by atoms with E-state index in [2.05, 4.69) is 0 Å². The van der Waals surface area contributed by atoms with Gasteiger partial charge in [-0.05, 0) is 42.8 Å². The molecule has 0 amide bonds. The predicted octanol–water partition coefficient (Wildman–Crippen LogP) is 3.53. The Hall–Kier alpha value is -1.81. The van der Waals surface area contributed by atoms with Gasteiger partial charge in [-0.3, -0.25) is 4.84 Å². The van der Waals surface area contributed by atoms with Crippen LogP contribution in [-0.2, 0) is 11.3 Å². The van der Waals surface area contributed by atoms with E-state index >= 15 is 0 Å². The van der Waals surface area contributed by atoms with Crippen molar-refractivity contribution in [2.24, 2.45) is 0 Å². The van der Waals surface area contributed by atoms with Gasteiger partial charge in [0.15, 0.2) is 0 Å². The molecular weight excluding hydrogens is 245 g/mol. The minimum absolute atomic E-state index is 0.0883. The normalized spacial score (nSPS) is 24.6. The number of hydrogen-bond donors (Lipinski definition) is 0. The Bertz CT molecular complexity index is 637. The number of anilines is 1. The zero-order valence-corrected chi connectivity index (χ0v) is 10.6. The van der Waals surface area contributed by atoms with Gasteiger partial charge in [-0.15, -0.1) is 0 Å². The molecule has 4 heteroatoms. The number of hydroxylamine groups is 1. The Kier molecular flexibility index (Phi) is 2.23. The molecule has 0 N–H and O–H groups in total. The van der Waals surface area contributed by atoms with Crippen LogP contribution in [0.15, 0.2) is 34.7 Å². The minimum atomic E-state index is -0.188. The molecular formula is C15H14FNO2. The van der Waals surface area contributed by atoms with Crippen molar-refractivity contribution >= 4 is 5.69 Å². The molecule has 2 aliphatic heterocycles. The molecule has 98 valence electrons. The van der Waals surface area contributed by atoms with Crippen LogP contribution in [0.25, 0.3) is 0 Å². The van der Waals surface area contributed by atoms with Gasteiger partial charge in [-0.2, -0.15) is 0 Å². The van der Waals surface area contributed by atoms with Crippen LogP contribution in [0.3, 0.4) is 0 Å². The molecule has 0 saturated carbocycles. The zero-order chi connectivity index (χ0) is 13.0. The van der Waals surface area contributed by atoms with E-state index in [0.29, 0.717) is 0 Å². The number of halogens is 1. The van der Waals surface area contributed by atoms with Crippen molar-refractivity contribution in [3.8, 4) is 0 Å². The number of furan rings is 1. The summed E-state index contributed by atoms with van der Waals surface area (Å²) in [5, 5.41) is 1.88. The number of fused-ring (bicyclic) bond motifs is 4. The molecule has 2 atom stereocenters. The molecule has 1 aromatic heterocycles. The molecule has 3 nitrogen and oxygen atoms in total. The van der Waals surface area contributed by atoms with Crippen LogP contribution in [0.2, 0.25) is 0 Å². The van der Waals surface area contributed by atoms with Gasteiger partial charge in [-0.25, -0.2) is 9.45 Å². The molecule has 2 aromatic rings. The summed E-state index contributed by atoms with van der Waals surface area (Å²) in [6, 6.07) is 8.91. The molecule has 2 aliphatic rings. The first kappa shape index (κ1) is 11.1. The van der Waals surface area contributed by atoms with Crippen molar-refractivity contribution in [3.05, 3.63) is 53.2 Å². The van der Waals surface area contributed by atoms with Crippen LogP contribution in [-0.4, -0.2) is 6.10 Å². The highest BCUT2D eigenvalue weighted by Crippen LogP contribution is 2.45. The van der Waals surface area contributed by atoms with Gasteiger partial charge in [0.25, 0.3) is 0 Å². The van der Waals surface area contributed by atoms with E-state index in [0.717, 1.165) is 35.6 Å². The molecule has 0 radical (unpaired) electrons. The summed E-state index contributed by atoms with van der Waals surface area (Å²) >= 11 is 0. The van der Waals surface area contributed by atoms with E-state index in [9.17, 15) is 4.39 Å². The Morgan fingerprint density at radius 2 is 2.16 bits per heavy atom. The van der Waals surface area contributed by atoms with Crippen LogP contribution in [0.1, 0.15) is 29.5 Å². The van der Waals surface area contributed by atoms with Crippen LogP contribution < -0.4 is 5.06 Å². The summed E-state index contributed by atoms with van der Waals surface area (Å²) < 4.78 is 19.0. The maximum atomic E-state index is 13.3. The number of hydrogen-bond acceptors (Lipinski definition) is 3. The molecule has 4 rings (SSSR count). The second kappa shape index (κ2) is 3.84. The van der Waals surface area contributed by atoms with Crippen molar-refractivity contribution < 1.29 is 13.6 Å². The van der Waals surface area contributed by atoms with Crippen LogP contribution in [0, 0.1) is 12.7 Å². The fraction of sp³-hybridized carbons (Fsp3) is 0.333. The number of nitrogens with zero attached hydrogens (tertiary/aromatic N) is 1. The molecule has 3 heterocycles. The lowest BCUT2D eigenvalue weighted by molar-refractivity contribution is 0.0723. The van der Waals surface area contributed by atoms with Crippen LogP contribution >= 0.6 is 0 Å². The van der Waals surface area contributed by atoms with E-state index in [-0.39, 0.29) is 18.0 Å². The van der Waals surface area contributed by atoms with E-state index < -0.39 is 0 Å². The fourth-order valence-corrected chi connectivity index (χ4v) is 3.01. The molecule has 0 spiro atoms. The first-order valence-corrected chi connectivity index (χ1v) is 6.51. The fourth-order valence-electron chi connectivity index (χ4n) is 3.01. The molecule has 1 aromatic carbocycles.